The Hall–Kier alpha value is -1.39. The molecule has 0 saturated carbocycles. The van der Waals surface area contributed by atoms with Crippen LogP contribution in [0.25, 0.3) is 12.2 Å². The molecule has 0 N–H and O–H groups in total. The van der Waals surface area contributed by atoms with E-state index in [1.807, 2.05) is 36.4 Å². The van der Waals surface area contributed by atoms with Crippen molar-refractivity contribution in [1.82, 2.24) is 0 Å². The van der Waals surface area contributed by atoms with Crippen LogP contribution in [0.2, 0.25) is 0 Å². The molecule has 0 radical (unpaired) electrons. The molecule has 0 atom stereocenters. The lowest BCUT2D eigenvalue weighted by Crippen LogP contribution is -1.95. The summed E-state index contributed by atoms with van der Waals surface area (Å²) in [5.41, 5.74) is 2.06. The van der Waals surface area contributed by atoms with Gasteiger partial charge in [-0.3, -0.25) is 0 Å². The second-order valence-electron chi connectivity index (χ2n) is 4.23. The molecule has 2 aromatic rings. The first-order chi connectivity index (χ1) is 8.95. The second kappa shape index (κ2) is 5.72. The Morgan fingerprint density at radius 2 is 1.26 bits per heavy atom. The van der Waals surface area contributed by atoms with Crippen molar-refractivity contribution in [3.8, 4) is 0 Å². The van der Waals surface area contributed by atoms with Gasteiger partial charge in [0.25, 0.3) is 0 Å². The predicted octanol–water partition coefficient (Wildman–Crippen LogP) is 4.02. The molecule has 0 aliphatic heterocycles. The molecule has 0 heterocycles. The molecule has 19 heavy (non-hydrogen) atoms. The van der Waals surface area contributed by atoms with Gasteiger partial charge in [-0.05, 0) is 35.4 Å². The summed E-state index contributed by atoms with van der Waals surface area (Å²) in [5, 5.41) is 0. The van der Waals surface area contributed by atoms with E-state index in [-0.39, 0.29) is 0 Å². The van der Waals surface area contributed by atoms with Crippen molar-refractivity contribution in [2.24, 2.45) is 0 Å². The first-order valence-electron chi connectivity index (χ1n) is 5.69. The van der Waals surface area contributed by atoms with Crippen LogP contribution in [0, 0.1) is 0 Å². The molecule has 2 nitrogen and oxygen atoms in total. The van der Waals surface area contributed by atoms with E-state index in [9.17, 15) is 8.42 Å². The van der Waals surface area contributed by atoms with Crippen LogP contribution < -0.4 is 0 Å². The maximum Gasteiger partial charge on any atom is 0.175 e. The van der Waals surface area contributed by atoms with Gasteiger partial charge in [-0.2, -0.15) is 0 Å². The number of halogens is 1. The van der Waals surface area contributed by atoms with Gasteiger partial charge in [-0.1, -0.05) is 52.3 Å². The van der Waals surface area contributed by atoms with Crippen LogP contribution in [0.4, 0.5) is 0 Å². The predicted molar refractivity (Wildman–Crippen MR) is 82.6 cm³/mol. The third-order valence-electron chi connectivity index (χ3n) is 2.65. The number of rotatable bonds is 3. The molecule has 0 fully saturated rings. The highest BCUT2D eigenvalue weighted by Gasteiger charge is 2.04. The normalized spacial score (nSPS) is 11.9. The van der Waals surface area contributed by atoms with E-state index >= 15 is 0 Å². The van der Waals surface area contributed by atoms with Crippen molar-refractivity contribution in [2.45, 2.75) is 4.90 Å². The van der Waals surface area contributed by atoms with Crippen LogP contribution in [0.5, 0.6) is 0 Å². The fourth-order valence-electron chi connectivity index (χ4n) is 1.59. The van der Waals surface area contributed by atoms with Gasteiger partial charge in [-0.25, -0.2) is 8.42 Å². The molecular formula is C15H13BrO2S. The van der Waals surface area contributed by atoms with Crippen LogP contribution in [0.3, 0.4) is 0 Å². The van der Waals surface area contributed by atoms with Gasteiger partial charge in [0.05, 0.1) is 4.90 Å². The number of hydrogen-bond acceptors (Lipinski definition) is 2. The molecule has 0 aromatic heterocycles. The Labute approximate surface area is 121 Å². The van der Waals surface area contributed by atoms with E-state index in [0.29, 0.717) is 4.90 Å². The Kier molecular flexibility index (Phi) is 4.22. The zero-order chi connectivity index (χ0) is 13.9. The summed E-state index contributed by atoms with van der Waals surface area (Å²) in [6.45, 7) is 0. The van der Waals surface area contributed by atoms with Crippen molar-refractivity contribution in [2.75, 3.05) is 6.26 Å². The Bertz CT molecular complexity index is 684. The lowest BCUT2D eigenvalue weighted by molar-refractivity contribution is 0.602. The molecule has 98 valence electrons. The molecule has 0 unspecified atom stereocenters. The highest BCUT2D eigenvalue weighted by molar-refractivity contribution is 9.10. The molecule has 0 aliphatic carbocycles. The number of sulfone groups is 1. The van der Waals surface area contributed by atoms with E-state index in [1.54, 1.807) is 24.3 Å². The highest BCUT2D eigenvalue weighted by Crippen LogP contribution is 2.15. The summed E-state index contributed by atoms with van der Waals surface area (Å²) in [6.07, 6.45) is 5.15. The van der Waals surface area contributed by atoms with E-state index in [4.69, 9.17) is 0 Å². The zero-order valence-electron chi connectivity index (χ0n) is 10.4. The summed E-state index contributed by atoms with van der Waals surface area (Å²) in [5.74, 6) is 0. The van der Waals surface area contributed by atoms with Gasteiger partial charge >= 0.3 is 0 Å². The average Bonchev–Trinajstić information content (AvgIpc) is 2.37. The molecule has 0 bridgehead atoms. The van der Waals surface area contributed by atoms with Crippen LogP contribution in [0.1, 0.15) is 11.1 Å². The maximum atomic E-state index is 11.3. The van der Waals surface area contributed by atoms with E-state index in [2.05, 4.69) is 15.9 Å². The second-order valence-corrected chi connectivity index (χ2v) is 7.16. The van der Waals surface area contributed by atoms with Crippen LogP contribution >= 0.6 is 15.9 Å². The third-order valence-corrected chi connectivity index (χ3v) is 4.30. The number of hydrogen-bond donors (Lipinski definition) is 0. The lowest BCUT2D eigenvalue weighted by Gasteiger charge is -1.99. The molecule has 2 aromatic carbocycles. The zero-order valence-corrected chi connectivity index (χ0v) is 12.8. The minimum atomic E-state index is -3.12. The van der Waals surface area contributed by atoms with Gasteiger partial charge in [0.2, 0.25) is 0 Å². The van der Waals surface area contributed by atoms with Crippen LogP contribution in [-0.2, 0) is 9.84 Å². The standard InChI is InChI=1S/C15H13BrO2S/c1-19(17,18)15-10-6-13(7-11-15)3-2-12-4-8-14(16)9-5-12/h2-11H,1H3/b3-2+. The van der Waals surface area contributed by atoms with Crippen LogP contribution in [-0.4, -0.2) is 14.7 Å². The molecule has 0 aliphatic rings. The Morgan fingerprint density at radius 1 is 0.842 bits per heavy atom. The SMILES string of the molecule is CS(=O)(=O)c1ccc(/C=C/c2ccc(Br)cc2)cc1. The maximum absolute atomic E-state index is 11.3. The van der Waals surface area contributed by atoms with Crippen molar-refractivity contribution >= 4 is 37.9 Å². The summed E-state index contributed by atoms with van der Waals surface area (Å²) >= 11 is 3.39. The molecular weight excluding hydrogens is 324 g/mol. The lowest BCUT2D eigenvalue weighted by atomic mass is 10.1. The van der Waals surface area contributed by atoms with Crippen molar-refractivity contribution in [3.63, 3.8) is 0 Å². The summed E-state index contributed by atoms with van der Waals surface area (Å²) < 4.78 is 23.7. The van der Waals surface area contributed by atoms with E-state index in [0.717, 1.165) is 15.6 Å². The van der Waals surface area contributed by atoms with Gasteiger partial charge in [0.15, 0.2) is 9.84 Å². The Balaban J connectivity index is 2.18. The Morgan fingerprint density at radius 3 is 1.68 bits per heavy atom. The smallest absolute Gasteiger partial charge is 0.175 e. The fourth-order valence-corrected chi connectivity index (χ4v) is 2.49. The van der Waals surface area contributed by atoms with Gasteiger partial charge in [-0.15, -0.1) is 0 Å². The quantitative estimate of drug-likeness (QED) is 0.793. The summed E-state index contributed by atoms with van der Waals surface area (Å²) in [7, 11) is -3.12. The van der Waals surface area contributed by atoms with Crippen molar-refractivity contribution in [1.29, 1.82) is 0 Å². The van der Waals surface area contributed by atoms with Crippen LogP contribution in [0.15, 0.2) is 57.9 Å². The molecule has 2 rings (SSSR count). The fraction of sp³-hybridized carbons (Fsp3) is 0.0667. The monoisotopic (exact) mass is 336 g/mol. The van der Waals surface area contributed by atoms with Gasteiger partial charge in [0.1, 0.15) is 0 Å². The highest BCUT2D eigenvalue weighted by atomic mass is 79.9. The summed E-state index contributed by atoms with van der Waals surface area (Å²) in [4.78, 5) is 0.341. The van der Waals surface area contributed by atoms with Crippen molar-refractivity contribution < 1.29 is 8.42 Å². The first-order valence-corrected chi connectivity index (χ1v) is 8.37. The average molecular weight is 337 g/mol. The first kappa shape index (κ1) is 14.0. The van der Waals surface area contributed by atoms with Crippen molar-refractivity contribution in [3.05, 3.63) is 64.1 Å². The third kappa shape index (κ3) is 4.04. The van der Waals surface area contributed by atoms with Gasteiger partial charge < -0.3 is 0 Å². The molecule has 0 amide bonds. The topological polar surface area (TPSA) is 34.1 Å². The van der Waals surface area contributed by atoms with E-state index < -0.39 is 9.84 Å². The largest absolute Gasteiger partial charge is 0.224 e. The molecule has 4 heteroatoms. The minimum absolute atomic E-state index is 0.341. The number of benzene rings is 2. The minimum Gasteiger partial charge on any atom is -0.224 e. The summed E-state index contributed by atoms with van der Waals surface area (Å²) in [6, 6.07) is 14.8. The molecule has 0 saturated heterocycles. The van der Waals surface area contributed by atoms with E-state index in [1.165, 1.54) is 6.26 Å². The molecule has 0 spiro atoms. The van der Waals surface area contributed by atoms with Gasteiger partial charge in [0, 0.05) is 10.7 Å².